The molecule has 4 rings (SSSR count). The van der Waals surface area contributed by atoms with Crippen molar-refractivity contribution in [3.05, 3.63) is 41.6 Å². The molecular weight excluding hydrogens is 288 g/mol. The molecule has 2 aliphatic rings. The van der Waals surface area contributed by atoms with E-state index in [0.29, 0.717) is 13.0 Å². The molecule has 0 N–H and O–H groups in total. The van der Waals surface area contributed by atoms with Crippen LogP contribution in [0.2, 0.25) is 0 Å². The number of nitrogens with zero attached hydrogens (tertiary/aromatic N) is 2. The van der Waals surface area contributed by atoms with Crippen molar-refractivity contribution < 1.29 is 9.59 Å². The highest BCUT2D eigenvalue weighted by molar-refractivity contribution is 6.06. The second kappa shape index (κ2) is 5.15. The van der Waals surface area contributed by atoms with E-state index in [1.165, 1.54) is 10.5 Å². The van der Waals surface area contributed by atoms with Crippen LogP contribution in [0.1, 0.15) is 43.2 Å². The van der Waals surface area contributed by atoms with Crippen LogP contribution in [0.5, 0.6) is 0 Å². The fourth-order valence-corrected chi connectivity index (χ4v) is 4.03. The Morgan fingerprint density at radius 2 is 1.96 bits per heavy atom. The van der Waals surface area contributed by atoms with Crippen molar-refractivity contribution in [2.45, 2.75) is 45.6 Å². The number of aryl methyl sites for hydroxylation is 1. The van der Waals surface area contributed by atoms with Crippen LogP contribution >= 0.6 is 0 Å². The summed E-state index contributed by atoms with van der Waals surface area (Å²) < 4.78 is 0. The Bertz CT molecular complexity index is 806. The minimum atomic E-state index is -0.391. The van der Waals surface area contributed by atoms with Crippen molar-refractivity contribution in [2.24, 2.45) is 5.41 Å². The van der Waals surface area contributed by atoms with Crippen molar-refractivity contribution >= 4 is 22.7 Å². The first kappa shape index (κ1) is 14.4. The molecule has 1 spiro atoms. The van der Waals surface area contributed by atoms with Gasteiger partial charge in [0.15, 0.2) is 0 Å². The van der Waals surface area contributed by atoms with Gasteiger partial charge in [-0.25, -0.2) is 0 Å². The predicted octanol–water partition coefficient (Wildman–Crippen LogP) is 3.36. The zero-order valence-corrected chi connectivity index (χ0v) is 13.3. The highest BCUT2D eigenvalue weighted by Crippen LogP contribution is 2.47. The fourth-order valence-electron chi connectivity index (χ4n) is 4.03. The van der Waals surface area contributed by atoms with Gasteiger partial charge >= 0.3 is 0 Å². The zero-order chi connectivity index (χ0) is 16.0. The lowest BCUT2D eigenvalue weighted by molar-refractivity contribution is -0.142. The summed E-state index contributed by atoms with van der Waals surface area (Å²) in [6.45, 7) is 2.39. The molecule has 4 nitrogen and oxygen atoms in total. The molecule has 0 radical (unpaired) electrons. The number of fused-ring (bicyclic) bond motifs is 1. The number of imide groups is 1. The normalized spacial score (nSPS) is 20.1. The van der Waals surface area contributed by atoms with Crippen molar-refractivity contribution in [1.82, 2.24) is 9.88 Å². The molecule has 2 aromatic rings. The molecule has 1 aliphatic heterocycles. The van der Waals surface area contributed by atoms with Crippen LogP contribution in [-0.2, 0) is 16.1 Å². The highest BCUT2D eigenvalue weighted by Gasteiger charge is 2.52. The number of hydrogen-bond acceptors (Lipinski definition) is 3. The van der Waals surface area contributed by atoms with Gasteiger partial charge in [0, 0.05) is 18.0 Å². The van der Waals surface area contributed by atoms with E-state index in [2.05, 4.69) is 11.1 Å². The summed E-state index contributed by atoms with van der Waals surface area (Å²) in [7, 11) is 0. The largest absolute Gasteiger partial charge is 0.278 e. The molecule has 1 saturated carbocycles. The van der Waals surface area contributed by atoms with E-state index in [1.54, 1.807) is 6.20 Å². The van der Waals surface area contributed by atoms with Gasteiger partial charge < -0.3 is 0 Å². The lowest BCUT2D eigenvalue weighted by atomic mass is 9.84. The van der Waals surface area contributed by atoms with E-state index < -0.39 is 5.41 Å². The van der Waals surface area contributed by atoms with Gasteiger partial charge in [-0.2, -0.15) is 0 Å². The summed E-state index contributed by atoms with van der Waals surface area (Å²) in [5.74, 6) is 0.00517. The van der Waals surface area contributed by atoms with E-state index in [-0.39, 0.29) is 11.8 Å². The maximum absolute atomic E-state index is 12.7. The van der Waals surface area contributed by atoms with Gasteiger partial charge in [0.05, 0.1) is 17.5 Å². The van der Waals surface area contributed by atoms with Gasteiger partial charge in [-0.3, -0.25) is 19.5 Å². The van der Waals surface area contributed by atoms with Crippen LogP contribution in [0.15, 0.2) is 30.5 Å². The van der Waals surface area contributed by atoms with E-state index in [1.807, 2.05) is 25.1 Å². The number of pyridine rings is 1. The minimum Gasteiger partial charge on any atom is -0.278 e. The van der Waals surface area contributed by atoms with Crippen molar-refractivity contribution in [2.75, 3.05) is 0 Å². The first-order valence-electron chi connectivity index (χ1n) is 8.28. The smallest absolute Gasteiger partial charge is 0.236 e. The maximum Gasteiger partial charge on any atom is 0.236 e. The van der Waals surface area contributed by atoms with Gasteiger partial charge in [-0.05, 0) is 43.5 Å². The van der Waals surface area contributed by atoms with Gasteiger partial charge in [0.25, 0.3) is 0 Å². The van der Waals surface area contributed by atoms with Crippen molar-refractivity contribution in [3.63, 3.8) is 0 Å². The molecule has 2 amide bonds. The Balaban J connectivity index is 1.62. The van der Waals surface area contributed by atoms with Crippen LogP contribution in [0, 0.1) is 12.3 Å². The maximum atomic E-state index is 12.7. The fraction of sp³-hybridized carbons (Fsp3) is 0.421. The third kappa shape index (κ3) is 2.33. The SMILES string of the molecule is Cc1ccc2ncc(CN3C(=O)CC4(CCCC4)C3=O)cc2c1. The minimum absolute atomic E-state index is 0.0266. The van der Waals surface area contributed by atoms with Crippen LogP contribution in [0.3, 0.4) is 0 Å². The molecule has 1 aromatic heterocycles. The van der Waals surface area contributed by atoms with Gasteiger partial charge in [0.1, 0.15) is 0 Å². The number of amides is 2. The Labute approximate surface area is 135 Å². The highest BCUT2D eigenvalue weighted by atomic mass is 16.2. The van der Waals surface area contributed by atoms with Crippen LogP contribution in [0.4, 0.5) is 0 Å². The second-order valence-corrected chi connectivity index (χ2v) is 6.99. The first-order chi connectivity index (χ1) is 11.1. The number of hydrogen-bond donors (Lipinski definition) is 0. The Hall–Kier alpha value is -2.23. The second-order valence-electron chi connectivity index (χ2n) is 6.99. The van der Waals surface area contributed by atoms with Gasteiger partial charge in [0.2, 0.25) is 11.8 Å². The van der Waals surface area contributed by atoms with Crippen LogP contribution in [0.25, 0.3) is 10.9 Å². The average Bonchev–Trinajstić information content (AvgIpc) is 3.08. The molecular formula is C19H20N2O2. The van der Waals surface area contributed by atoms with Crippen molar-refractivity contribution in [3.8, 4) is 0 Å². The van der Waals surface area contributed by atoms with E-state index >= 15 is 0 Å². The quantitative estimate of drug-likeness (QED) is 0.799. The number of carbonyl (C=O) groups excluding carboxylic acids is 2. The van der Waals surface area contributed by atoms with E-state index in [9.17, 15) is 9.59 Å². The molecule has 0 atom stereocenters. The summed E-state index contributed by atoms with van der Waals surface area (Å²) in [5, 5.41) is 1.05. The van der Waals surface area contributed by atoms with Crippen LogP contribution < -0.4 is 0 Å². The number of carbonyl (C=O) groups is 2. The molecule has 2 fully saturated rings. The molecule has 23 heavy (non-hydrogen) atoms. The summed E-state index contributed by atoms with van der Waals surface area (Å²) in [5.41, 5.74) is 2.64. The zero-order valence-electron chi connectivity index (χ0n) is 13.3. The number of benzene rings is 1. The number of rotatable bonds is 2. The topological polar surface area (TPSA) is 50.3 Å². The molecule has 2 heterocycles. The summed E-state index contributed by atoms with van der Waals surface area (Å²) in [6, 6.07) is 8.15. The molecule has 0 unspecified atom stereocenters. The van der Waals surface area contributed by atoms with E-state index in [4.69, 9.17) is 0 Å². The lowest BCUT2D eigenvalue weighted by Gasteiger charge is -2.21. The molecule has 1 aliphatic carbocycles. The third-order valence-corrected chi connectivity index (χ3v) is 5.28. The molecule has 1 aromatic carbocycles. The van der Waals surface area contributed by atoms with Crippen molar-refractivity contribution in [1.29, 1.82) is 0 Å². The average molecular weight is 308 g/mol. The van der Waals surface area contributed by atoms with Gasteiger partial charge in [-0.15, -0.1) is 0 Å². The standard InChI is InChI=1S/C19H20N2O2/c1-13-4-5-16-15(8-13)9-14(11-20-16)12-21-17(22)10-19(18(21)23)6-2-3-7-19/h4-5,8-9,11H,2-3,6-7,10,12H2,1H3. The Morgan fingerprint density at radius 3 is 2.74 bits per heavy atom. The summed E-state index contributed by atoms with van der Waals surface area (Å²) in [6.07, 6.45) is 6.02. The predicted molar refractivity (Wildman–Crippen MR) is 87.6 cm³/mol. The molecule has 0 bridgehead atoms. The molecule has 118 valence electrons. The summed E-state index contributed by atoms with van der Waals surface area (Å²) >= 11 is 0. The molecule has 4 heteroatoms. The van der Waals surface area contributed by atoms with E-state index in [0.717, 1.165) is 42.1 Å². The lowest BCUT2D eigenvalue weighted by Crippen LogP contribution is -2.33. The first-order valence-corrected chi connectivity index (χ1v) is 8.28. The third-order valence-electron chi connectivity index (χ3n) is 5.28. The van der Waals surface area contributed by atoms with Crippen LogP contribution in [-0.4, -0.2) is 21.7 Å². The van der Waals surface area contributed by atoms with Gasteiger partial charge in [-0.1, -0.05) is 24.5 Å². The monoisotopic (exact) mass is 308 g/mol. The Morgan fingerprint density at radius 1 is 1.17 bits per heavy atom. The number of likely N-dealkylation sites (tertiary alicyclic amines) is 1. The number of aromatic nitrogens is 1. The summed E-state index contributed by atoms with van der Waals surface area (Å²) in [4.78, 5) is 31.0. The Kier molecular flexibility index (Phi) is 3.22. The molecule has 1 saturated heterocycles.